The third kappa shape index (κ3) is 6.78. The molecule has 2 rings (SSSR count). The molecule has 0 saturated carbocycles. The maximum atomic E-state index is 4.77. The van der Waals surface area contributed by atoms with Gasteiger partial charge in [-0.05, 0) is 32.2 Å². The molecule has 1 aromatic rings. The fourth-order valence-corrected chi connectivity index (χ4v) is 3.32. The van der Waals surface area contributed by atoms with Gasteiger partial charge in [-0.25, -0.2) is 0 Å². The van der Waals surface area contributed by atoms with E-state index in [4.69, 9.17) is 4.99 Å². The van der Waals surface area contributed by atoms with E-state index in [0.717, 1.165) is 57.5 Å². The molecule has 0 aliphatic carbocycles. The number of nitrogens with zero attached hydrogens (tertiary/aromatic N) is 3. The van der Waals surface area contributed by atoms with Crippen molar-refractivity contribution in [3.05, 3.63) is 30.3 Å². The van der Waals surface area contributed by atoms with E-state index in [9.17, 15) is 0 Å². The van der Waals surface area contributed by atoms with Gasteiger partial charge in [-0.15, -0.1) is 0 Å². The average Bonchev–Trinajstić information content (AvgIpc) is 2.67. The number of thioether (sulfide) groups is 1. The molecule has 1 unspecified atom stereocenters. The highest BCUT2D eigenvalue weighted by molar-refractivity contribution is 7.98. The predicted molar refractivity (Wildman–Crippen MR) is 112 cm³/mol. The van der Waals surface area contributed by atoms with Crippen molar-refractivity contribution in [2.75, 3.05) is 62.7 Å². The number of rotatable bonds is 8. The summed E-state index contributed by atoms with van der Waals surface area (Å²) in [7, 11) is 0. The zero-order chi connectivity index (χ0) is 17.9. The zero-order valence-electron chi connectivity index (χ0n) is 15.9. The van der Waals surface area contributed by atoms with Gasteiger partial charge in [-0.1, -0.05) is 18.2 Å². The normalized spacial score (nSPS) is 17.4. The Balaban J connectivity index is 1.78. The summed E-state index contributed by atoms with van der Waals surface area (Å²) in [4.78, 5) is 9.79. The Morgan fingerprint density at radius 1 is 1.16 bits per heavy atom. The van der Waals surface area contributed by atoms with E-state index in [2.05, 4.69) is 70.9 Å². The second kappa shape index (κ2) is 11.3. The summed E-state index contributed by atoms with van der Waals surface area (Å²) in [5.41, 5.74) is 1.33. The minimum atomic E-state index is 0.467. The molecule has 5 nitrogen and oxygen atoms in total. The van der Waals surface area contributed by atoms with Crippen molar-refractivity contribution in [2.45, 2.75) is 19.9 Å². The van der Waals surface area contributed by atoms with Gasteiger partial charge in [-0.2, -0.15) is 11.8 Å². The first-order valence-corrected chi connectivity index (χ1v) is 10.7. The number of nitrogens with one attached hydrogen (secondary N) is 2. The molecule has 0 spiro atoms. The number of aliphatic imine (C=N–C) groups is 1. The Morgan fingerprint density at radius 2 is 1.88 bits per heavy atom. The molecule has 1 atom stereocenters. The van der Waals surface area contributed by atoms with Crippen LogP contribution in [0.15, 0.2) is 35.3 Å². The smallest absolute Gasteiger partial charge is 0.191 e. The predicted octanol–water partition coefficient (Wildman–Crippen LogP) is 2.12. The van der Waals surface area contributed by atoms with E-state index in [1.54, 1.807) is 0 Å². The minimum absolute atomic E-state index is 0.467. The summed E-state index contributed by atoms with van der Waals surface area (Å²) in [5, 5.41) is 6.73. The van der Waals surface area contributed by atoms with Gasteiger partial charge in [0.05, 0.1) is 6.54 Å². The molecule has 0 bridgehead atoms. The van der Waals surface area contributed by atoms with Crippen molar-refractivity contribution >= 4 is 23.4 Å². The first-order valence-electron chi connectivity index (χ1n) is 9.29. The van der Waals surface area contributed by atoms with Crippen LogP contribution in [0.5, 0.6) is 0 Å². The van der Waals surface area contributed by atoms with Gasteiger partial charge >= 0.3 is 0 Å². The van der Waals surface area contributed by atoms with Crippen molar-refractivity contribution < 1.29 is 0 Å². The Hall–Kier alpha value is -1.40. The Bertz CT molecular complexity index is 500. The topological polar surface area (TPSA) is 42.9 Å². The fraction of sp³-hybridized carbons (Fsp3) is 0.632. The lowest BCUT2D eigenvalue weighted by molar-refractivity contribution is 0.201. The molecule has 1 heterocycles. The number of benzene rings is 1. The van der Waals surface area contributed by atoms with Gasteiger partial charge in [0.25, 0.3) is 0 Å². The van der Waals surface area contributed by atoms with Crippen LogP contribution in [-0.2, 0) is 0 Å². The number of guanidine groups is 1. The molecule has 25 heavy (non-hydrogen) atoms. The van der Waals surface area contributed by atoms with Crippen LogP contribution in [0.4, 0.5) is 5.69 Å². The summed E-state index contributed by atoms with van der Waals surface area (Å²) in [6, 6.07) is 11.2. The van der Waals surface area contributed by atoms with Crippen LogP contribution < -0.4 is 15.5 Å². The Kier molecular flexibility index (Phi) is 8.97. The van der Waals surface area contributed by atoms with E-state index >= 15 is 0 Å². The molecule has 1 fully saturated rings. The summed E-state index contributed by atoms with van der Waals surface area (Å²) < 4.78 is 0. The molecular weight excluding hydrogens is 330 g/mol. The average molecular weight is 364 g/mol. The summed E-state index contributed by atoms with van der Waals surface area (Å²) in [6.07, 6.45) is 2.13. The standard InChI is InChI=1S/C19H33N5S/c1-4-20-19(21-10-15-25-3)22-16-17(2)23-11-13-24(14-12-23)18-8-6-5-7-9-18/h5-9,17H,4,10-16H2,1-3H3,(H2,20,21,22). The van der Waals surface area contributed by atoms with E-state index in [1.807, 2.05) is 11.8 Å². The van der Waals surface area contributed by atoms with Crippen molar-refractivity contribution in [2.24, 2.45) is 4.99 Å². The van der Waals surface area contributed by atoms with Gasteiger partial charge in [0.1, 0.15) is 0 Å². The molecule has 0 radical (unpaired) electrons. The largest absolute Gasteiger partial charge is 0.369 e. The lowest BCUT2D eigenvalue weighted by Crippen LogP contribution is -2.50. The molecule has 0 aromatic heterocycles. The van der Waals surface area contributed by atoms with Gasteiger partial charge in [0.15, 0.2) is 5.96 Å². The van der Waals surface area contributed by atoms with Crippen LogP contribution in [0.25, 0.3) is 0 Å². The highest BCUT2D eigenvalue weighted by Gasteiger charge is 2.21. The molecule has 1 aliphatic rings. The molecule has 140 valence electrons. The van der Waals surface area contributed by atoms with E-state index in [0.29, 0.717) is 6.04 Å². The number of anilines is 1. The highest BCUT2D eigenvalue weighted by Crippen LogP contribution is 2.16. The fourth-order valence-electron chi connectivity index (χ4n) is 3.01. The summed E-state index contributed by atoms with van der Waals surface area (Å²) in [5.74, 6) is 2.04. The van der Waals surface area contributed by atoms with Gasteiger partial charge in [0.2, 0.25) is 0 Å². The first kappa shape index (κ1) is 19.9. The van der Waals surface area contributed by atoms with Crippen molar-refractivity contribution in [3.63, 3.8) is 0 Å². The Labute approximate surface area is 157 Å². The summed E-state index contributed by atoms with van der Waals surface area (Å²) >= 11 is 1.85. The second-order valence-corrected chi connectivity index (χ2v) is 7.33. The van der Waals surface area contributed by atoms with Crippen LogP contribution in [0.3, 0.4) is 0 Å². The van der Waals surface area contributed by atoms with E-state index < -0.39 is 0 Å². The molecule has 1 aromatic carbocycles. The molecular formula is C19H33N5S. The lowest BCUT2D eigenvalue weighted by Gasteiger charge is -2.38. The van der Waals surface area contributed by atoms with Crippen LogP contribution in [-0.4, -0.2) is 74.7 Å². The quantitative estimate of drug-likeness (QED) is 0.421. The van der Waals surface area contributed by atoms with E-state index in [1.165, 1.54) is 5.69 Å². The maximum absolute atomic E-state index is 4.77. The van der Waals surface area contributed by atoms with Crippen LogP contribution in [0.2, 0.25) is 0 Å². The van der Waals surface area contributed by atoms with Crippen LogP contribution in [0.1, 0.15) is 13.8 Å². The molecule has 1 saturated heterocycles. The highest BCUT2D eigenvalue weighted by atomic mass is 32.2. The molecule has 1 aliphatic heterocycles. The van der Waals surface area contributed by atoms with E-state index in [-0.39, 0.29) is 0 Å². The third-order valence-electron chi connectivity index (χ3n) is 4.52. The van der Waals surface area contributed by atoms with Gasteiger partial charge < -0.3 is 15.5 Å². The molecule has 6 heteroatoms. The number of para-hydroxylation sites is 1. The van der Waals surface area contributed by atoms with Crippen LogP contribution >= 0.6 is 11.8 Å². The number of hydrogen-bond donors (Lipinski definition) is 2. The Morgan fingerprint density at radius 3 is 2.52 bits per heavy atom. The maximum Gasteiger partial charge on any atom is 0.191 e. The number of piperazine rings is 1. The number of hydrogen-bond acceptors (Lipinski definition) is 4. The molecule has 2 N–H and O–H groups in total. The third-order valence-corrected chi connectivity index (χ3v) is 5.13. The molecule has 0 amide bonds. The van der Waals surface area contributed by atoms with Gasteiger partial charge in [-0.3, -0.25) is 9.89 Å². The van der Waals surface area contributed by atoms with Gasteiger partial charge in [0, 0.05) is 56.8 Å². The van der Waals surface area contributed by atoms with Crippen molar-refractivity contribution in [1.82, 2.24) is 15.5 Å². The minimum Gasteiger partial charge on any atom is -0.369 e. The van der Waals surface area contributed by atoms with Crippen molar-refractivity contribution in [3.8, 4) is 0 Å². The van der Waals surface area contributed by atoms with Crippen LogP contribution in [0, 0.1) is 0 Å². The lowest BCUT2D eigenvalue weighted by atomic mass is 10.2. The SMILES string of the molecule is CCNC(=NCC(C)N1CCN(c2ccccc2)CC1)NCCSC. The summed E-state index contributed by atoms with van der Waals surface area (Å²) in [6.45, 7) is 11.5. The zero-order valence-corrected chi connectivity index (χ0v) is 16.7. The monoisotopic (exact) mass is 363 g/mol. The second-order valence-electron chi connectivity index (χ2n) is 6.35. The van der Waals surface area contributed by atoms with Crippen molar-refractivity contribution in [1.29, 1.82) is 0 Å². The first-order chi connectivity index (χ1) is 12.2.